The molecule has 0 spiro atoms. The number of nitro benzene ring substituents is 1. The minimum Gasteiger partial charge on any atom is -0.258 e. The molecule has 2 bridgehead atoms. The number of nitrogens with zero attached hydrogens (tertiary/aromatic N) is 1. The van der Waals surface area contributed by atoms with E-state index in [0.717, 1.165) is 0 Å². The summed E-state index contributed by atoms with van der Waals surface area (Å²) in [6.07, 6.45) is 2.00. The summed E-state index contributed by atoms with van der Waals surface area (Å²) in [4.78, 5) is 10.1. The lowest BCUT2D eigenvalue weighted by Gasteiger charge is -2.60. The quantitative estimate of drug-likeness (QED) is 0.609. The van der Waals surface area contributed by atoms with Gasteiger partial charge in [-0.25, -0.2) is 8.42 Å². The van der Waals surface area contributed by atoms with Gasteiger partial charge in [-0.3, -0.25) is 10.1 Å². The number of hydrogen-bond donors (Lipinski definition) is 0. The van der Waals surface area contributed by atoms with Gasteiger partial charge in [0.05, 0.1) is 9.67 Å². The first-order chi connectivity index (χ1) is 7.96. The molecule has 6 heteroatoms. The first-order valence-electron chi connectivity index (χ1n) is 5.44. The molecule has 3 saturated carbocycles. The van der Waals surface area contributed by atoms with Crippen molar-refractivity contribution in [2.24, 2.45) is 5.92 Å². The minimum atomic E-state index is -3.55. The van der Waals surface area contributed by atoms with Crippen LogP contribution in [0.15, 0.2) is 29.2 Å². The van der Waals surface area contributed by atoms with Crippen LogP contribution in [0.1, 0.15) is 19.3 Å². The molecule has 1 aromatic carbocycles. The van der Waals surface area contributed by atoms with E-state index < -0.39 is 19.5 Å². The summed E-state index contributed by atoms with van der Waals surface area (Å²) in [7, 11) is -3.55. The average Bonchev–Trinajstić information content (AvgIpc) is 2.12. The number of rotatable bonds is 3. The normalized spacial score (nSPS) is 30.2. The Kier molecular flexibility index (Phi) is 1.93. The molecule has 0 saturated heterocycles. The predicted octanol–water partition coefficient (Wildman–Crippen LogP) is 1.92. The molecule has 17 heavy (non-hydrogen) atoms. The molecule has 0 aliphatic heterocycles. The van der Waals surface area contributed by atoms with Crippen molar-refractivity contribution in [2.45, 2.75) is 28.9 Å². The second-order valence-corrected chi connectivity index (χ2v) is 7.20. The second kappa shape index (κ2) is 3.07. The zero-order valence-electron chi connectivity index (χ0n) is 9.00. The molecule has 90 valence electrons. The smallest absolute Gasteiger partial charge is 0.258 e. The molecular formula is C11H11NO4S. The first-order valence-corrected chi connectivity index (χ1v) is 6.93. The van der Waals surface area contributed by atoms with Crippen molar-refractivity contribution in [3.05, 3.63) is 34.4 Å². The lowest BCUT2D eigenvalue weighted by Crippen LogP contribution is -2.62. The van der Waals surface area contributed by atoms with Crippen molar-refractivity contribution in [1.29, 1.82) is 0 Å². The van der Waals surface area contributed by atoms with Gasteiger partial charge in [-0.05, 0) is 31.2 Å². The van der Waals surface area contributed by atoms with Gasteiger partial charge in [-0.1, -0.05) is 12.1 Å². The fourth-order valence-corrected chi connectivity index (χ4v) is 5.30. The third-order valence-corrected chi connectivity index (χ3v) is 6.47. The zero-order chi connectivity index (χ0) is 12.3. The van der Waals surface area contributed by atoms with Crippen LogP contribution < -0.4 is 0 Å². The van der Waals surface area contributed by atoms with Crippen molar-refractivity contribution in [1.82, 2.24) is 0 Å². The number of para-hydroxylation sites is 1. The van der Waals surface area contributed by atoms with Gasteiger partial charge in [0.1, 0.15) is 4.90 Å². The van der Waals surface area contributed by atoms with E-state index in [2.05, 4.69) is 0 Å². The van der Waals surface area contributed by atoms with E-state index in [0.29, 0.717) is 25.2 Å². The minimum absolute atomic E-state index is 0.122. The van der Waals surface area contributed by atoms with Gasteiger partial charge in [-0.2, -0.15) is 0 Å². The van der Waals surface area contributed by atoms with Gasteiger partial charge in [-0.15, -0.1) is 0 Å². The number of benzene rings is 1. The Hall–Kier alpha value is -1.43. The molecule has 1 aromatic rings. The molecule has 5 nitrogen and oxygen atoms in total. The second-order valence-electron chi connectivity index (χ2n) is 4.89. The molecule has 0 unspecified atom stereocenters. The summed E-state index contributed by atoms with van der Waals surface area (Å²) in [6.45, 7) is 0. The summed E-state index contributed by atoms with van der Waals surface area (Å²) in [5.74, 6) is 0.521. The van der Waals surface area contributed by atoms with Crippen molar-refractivity contribution >= 4 is 15.5 Å². The molecule has 3 aliphatic rings. The predicted molar refractivity (Wildman–Crippen MR) is 60.4 cm³/mol. The largest absolute Gasteiger partial charge is 0.287 e. The molecule has 0 atom stereocenters. The highest BCUT2D eigenvalue weighted by atomic mass is 32.2. The Morgan fingerprint density at radius 2 is 1.82 bits per heavy atom. The van der Waals surface area contributed by atoms with Crippen LogP contribution >= 0.6 is 0 Å². The van der Waals surface area contributed by atoms with E-state index in [1.807, 2.05) is 0 Å². The van der Waals surface area contributed by atoms with E-state index in [1.54, 1.807) is 0 Å². The molecule has 4 rings (SSSR count). The maximum atomic E-state index is 12.4. The molecule has 3 fully saturated rings. The molecule has 0 amide bonds. The molecular weight excluding hydrogens is 242 g/mol. The Morgan fingerprint density at radius 1 is 1.24 bits per heavy atom. The monoisotopic (exact) mass is 253 g/mol. The van der Waals surface area contributed by atoms with Crippen LogP contribution in [0, 0.1) is 16.0 Å². The van der Waals surface area contributed by atoms with Crippen LogP contribution in [0.3, 0.4) is 0 Å². The van der Waals surface area contributed by atoms with E-state index in [4.69, 9.17) is 0 Å². The summed E-state index contributed by atoms with van der Waals surface area (Å²) in [6, 6.07) is 5.61. The third-order valence-electron chi connectivity index (χ3n) is 3.90. The Morgan fingerprint density at radius 3 is 2.29 bits per heavy atom. The molecule has 0 N–H and O–H groups in total. The van der Waals surface area contributed by atoms with Gasteiger partial charge >= 0.3 is 0 Å². The van der Waals surface area contributed by atoms with Gasteiger partial charge in [0.25, 0.3) is 5.69 Å². The van der Waals surface area contributed by atoms with E-state index in [1.165, 1.54) is 24.3 Å². The van der Waals surface area contributed by atoms with Crippen LogP contribution in [0.2, 0.25) is 0 Å². The maximum Gasteiger partial charge on any atom is 0.287 e. The number of sulfone groups is 1. The first kappa shape index (κ1) is 10.7. The Balaban J connectivity index is 2.13. The molecule has 0 radical (unpaired) electrons. The highest BCUT2D eigenvalue weighted by Crippen LogP contribution is 2.63. The maximum absolute atomic E-state index is 12.4. The van der Waals surface area contributed by atoms with Crippen molar-refractivity contribution in [3.63, 3.8) is 0 Å². The zero-order valence-corrected chi connectivity index (χ0v) is 9.81. The summed E-state index contributed by atoms with van der Waals surface area (Å²) < 4.78 is 24.1. The number of nitro groups is 1. The third kappa shape index (κ3) is 1.21. The van der Waals surface area contributed by atoms with Crippen LogP contribution in [-0.4, -0.2) is 18.1 Å². The fourth-order valence-electron chi connectivity index (χ4n) is 2.80. The van der Waals surface area contributed by atoms with E-state index >= 15 is 0 Å². The lowest BCUT2D eigenvalue weighted by molar-refractivity contribution is -0.387. The van der Waals surface area contributed by atoms with Gasteiger partial charge in [0.15, 0.2) is 9.84 Å². The van der Waals surface area contributed by atoms with E-state index in [9.17, 15) is 18.5 Å². The van der Waals surface area contributed by atoms with Crippen molar-refractivity contribution < 1.29 is 13.3 Å². The lowest BCUT2D eigenvalue weighted by atomic mass is 9.55. The molecule has 3 aliphatic carbocycles. The van der Waals surface area contributed by atoms with Crippen LogP contribution in [0.4, 0.5) is 5.69 Å². The number of hydrogen-bond acceptors (Lipinski definition) is 4. The molecule has 0 aromatic heterocycles. The van der Waals surface area contributed by atoms with Crippen LogP contribution in [-0.2, 0) is 9.84 Å². The fraction of sp³-hybridized carbons (Fsp3) is 0.455. The Labute approximate surface area is 98.5 Å². The van der Waals surface area contributed by atoms with Gasteiger partial charge < -0.3 is 0 Å². The SMILES string of the molecule is O=[N+]([O-])c1ccccc1S(=O)(=O)C12CC(C1)C2. The topological polar surface area (TPSA) is 77.3 Å². The standard InChI is InChI=1S/C11H11NO4S/c13-12(14)9-3-1-2-4-10(9)17(15,16)11-5-8(6-11)7-11/h1-4,8H,5-7H2. The highest BCUT2D eigenvalue weighted by molar-refractivity contribution is 7.93. The summed E-state index contributed by atoms with van der Waals surface area (Å²) in [5, 5.41) is 10.9. The summed E-state index contributed by atoms with van der Waals surface area (Å²) >= 11 is 0. The van der Waals surface area contributed by atoms with Gasteiger partial charge in [0.2, 0.25) is 0 Å². The van der Waals surface area contributed by atoms with Crippen LogP contribution in [0.5, 0.6) is 0 Å². The highest BCUT2D eigenvalue weighted by Gasteiger charge is 2.65. The summed E-state index contributed by atoms with van der Waals surface area (Å²) in [5.41, 5.74) is -0.308. The van der Waals surface area contributed by atoms with Crippen LogP contribution in [0.25, 0.3) is 0 Å². The molecule has 0 heterocycles. The van der Waals surface area contributed by atoms with E-state index in [-0.39, 0.29) is 10.6 Å². The van der Waals surface area contributed by atoms with Crippen molar-refractivity contribution in [3.8, 4) is 0 Å². The Bertz CT molecular complexity index is 591. The van der Waals surface area contributed by atoms with Crippen molar-refractivity contribution in [2.75, 3.05) is 0 Å². The average molecular weight is 253 g/mol. The van der Waals surface area contributed by atoms with Gasteiger partial charge in [0, 0.05) is 6.07 Å².